The van der Waals surface area contributed by atoms with Crippen LogP contribution in [0.1, 0.15) is 25.6 Å². The lowest BCUT2D eigenvalue weighted by atomic mass is 10.2. The van der Waals surface area contributed by atoms with Crippen LogP contribution in [0, 0.1) is 5.82 Å². The van der Waals surface area contributed by atoms with Crippen molar-refractivity contribution < 1.29 is 13.7 Å². The Kier molecular flexibility index (Phi) is 5.20. The van der Waals surface area contributed by atoms with Crippen LogP contribution in [0.5, 0.6) is 0 Å². The highest BCUT2D eigenvalue weighted by Gasteiger charge is 2.21. The van der Waals surface area contributed by atoms with Crippen LogP contribution in [0.25, 0.3) is 11.5 Å². The molecule has 1 aliphatic heterocycles. The Hall–Kier alpha value is -2.28. The van der Waals surface area contributed by atoms with Gasteiger partial charge in [0, 0.05) is 38.2 Å². The van der Waals surface area contributed by atoms with E-state index in [9.17, 15) is 9.18 Å². The van der Waals surface area contributed by atoms with Gasteiger partial charge in [0.25, 0.3) is 5.89 Å². The van der Waals surface area contributed by atoms with Gasteiger partial charge in [0.15, 0.2) is 5.82 Å². The van der Waals surface area contributed by atoms with Crippen LogP contribution in [-0.2, 0) is 11.3 Å². The highest BCUT2D eigenvalue weighted by Crippen LogP contribution is 2.18. The third kappa shape index (κ3) is 3.97. The number of hydrogen-bond donors (Lipinski definition) is 0. The number of aromatic nitrogens is 2. The molecular weight excluding hydrogens is 311 g/mol. The SMILES string of the molecule is CCCC(=O)N1CCN(Cc2noc(-c3ccc(F)cc3)n2)CC1. The van der Waals surface area contributed by atoms with Gasteiger partial charge in [-0.15, -0.1) is 0 Å². The summed E-state index contributed by atoms with van der Waals surface area (Å²) in [6, 6.07) is 5.97. The summed E-state index contributed by atoms with van der Waals surface area (Å²) in [7, 11) is 0. The molecule has 24 heavy (non-hydrogen) atoms. The summed E-state index contributed by atoms with van der Waals surface area (Å²) < 4.78 is 18.2. The molecule has 1 aliphatic rings. The molecule has 2 heterocycles. The number of benzene rings is 1. The van der Waals surface area contributed by atoms with Crippen LogP contribution in [0.15, 0.2) is 28.8 Å². The number of halogens is 1. The Morgan fingerprint density at radius 2 is 1.92 bits per heavy atom. The quantitative estimate of drug-likeness (QED) is 0.841. The van der Waals surface area contributed by atoms with E-state index >= 15 is 0 Å². The van der Waals surface area contributed by atoms with E-state index in [1.54, 1.807) is 12.1 Å². The van der Waals surface area contributed by atoms with E-state index in [-0.39, 0.29) is 11.7 Å². The maximum absolute atomic E-state index is 13.0. The van der Waals surface area contributed by atoms with E-state index < -0.39 is 0 Å². The van der Waals surface area contributed by atoms with Gasteiger partial charge in [-0.2, -0.15) is 4.98 Å². The van der Waals surface area contributed by atoms with Gasteiger partial charge in [0.05, 0.1) is 6.54 Å². The number of nitrogens with zero attached hydrogens (tertiary/aromatic N) is 4. The molecule has 1 aromatic heterocycles. The van der Waals surface area contributed by atoms with E-state index in [1.165, 1.54) is 12.1 Å². The summed E-state index contributed by atoms with van der Waals surface area (Å²) in [5.41, 5.74) is 0.699. The molecule has 6 nitrogen and oxygen atoms in total. The number of rotatable bonds is 5. The van der Waals surface area contributed by atoms with Gasteiger partial charge in [-0.05, 0) is 30.7 Å². The van der Waals surface area contributed by atoms with Crippen molar-refractivity contribution in [3.05, 3.63) is 35.9 Å². The maximum Gasteiger partial charge on any atom is 0.257 e. The molecule has 128 valence electrons. The minimum Gasteiger partial charge on any atom is -0.340 e. The molecule has 0 N–H and O–H groups in total. The van der Waals surface area contributed by atoms with Gasteiger partial charge in [-0.1, -0.05) is 12.1 Å². The first-order valence-corrected chi connectivity index (χ1v) is 8.24. The minimum absolute atomic E-state index is 0.232. The predicted molar refractivity (Wildman–Crippen MR) is 86.5 cm³/mol. The lowest BCUT2D eigenvalue weighted by Crippen LogP contribution is -2.48. The lowest BCUT2D eigenvalue weighted by Gasteiger charge is -2.34. The molecule has 1 saturated heterocycles. The van der Waals surface area contributed by atoms with Gasteiger partial charge in [0.1, 0.15) is 5.82 Å². The fourth-order valence-electron chi connectivity index (χ4n) is 2.76. The van der Waals surface area contributed by atoms with Crippen molar-refractivity contribution in [2.45, 2.75) is 26.3 Å². The monoisotopic (exact) mass is 332 g/mol. The number of amides is 1. The average Bonchev–Trinajstić information content (AvgIpc) is 3.05. The smallest absolute Gasteiger partial charge is 0.257 e. The average molecular weight is 332 g/mol. The predicted octanol–water partition coefficient (Wildman–Crippen LogP) is 2.32. The van der Waals surface area contributed by atoms with E-state index in [2.05, 4.69) is 15.0 Å². The van der Waals surface area contributed by atoms with E-state index in [0.717, 1.165) is 32.6 Å². The van der Waals surface area contributed by atoms with Crippen molar-refractivity contribution in [1.82, 2.24) is 19.9 Å². The number of hydrogen-bond acceptors (Lipinski definition) is 5. The molecule has 2 aromatic rings. The summed E-state index contributed by atoms with van der Waals surface area (Å²) in [6.07, 6.45) is 1.50. The second-order valence-electron chi connectivity index (χ2n) is 5.93. The van der Waals surface area contributed by atoms with Gasteiger partial charge >= 0.3 is 0 Å². The third-order valence-electron chi connectivity index (χ3n) is 4.11. The highest BCUT2D eigenvalue weighted by molar-refractivity contribution is 5.76. The number of carbonyl (C=O) groups is 1. The van der Waals surface area contributed by atoms with Crippen molar-refractivity contribution in [3.63, 3.8) is 0 Å². The first-order chi connectivity index (χ1) is 11.7. The fraction of sp³-hybridized carbons (Fsp3) is 0.471. The molecule has 0 bridgehead atoms. The lowest BCUT2D eigenvalue weighted by molar-refractivity contribution is -0.133. The molecule has 0 spiro atoms. The first-order valence-electron chi connectivity index (χ1n) is 8.24. The zero-order valence-electron chi connectivity index (χ0n) is 13.7. The number of carbonyl (C=O) groups excluding carboxylic acids is 1. The molecular formula is C17H21FN4O2. The molecule has 0 atom stereocenters. The second-order valence-corrected chi connectivity index (χ2v) is 5.93. The molecule has 3 rings (SSSR count). The van der Waals surface area contributed by atoms with Gasteiger partial charge in [0.2, 0.25) is 5.91 Å². The second kappa shape index (κ2) is 7.53. The summed E-state index contributed by atoms with van der Waals surface area (Å²) in [6.45, 7) is 5.68. The summed E-state index contributed by atoms with van der Waals surface area (Å²) in [5, 5.41) is 3.99. The zero-order valence-corrected chi connectivity index (χ0v) is 13.7. The van der Waals surface area contributed by atoms with Gasteiger partial charge < -0.3 is 9.42 Å². The fourth-order valence-corrected chi connectivity index (χ4v) is 2.76. The molecule has 1 amide bonds. The van der Waals surface area contributed by atoms with Crippen molar-refractivity contribution in [3.8, 4) is 11.5 Å². The van der Waals surface area contributed by atoms with Gasteiger partial charge in [-0.3, -0.25) is 9.69 Å². The minimum atomic E-state index is -0.297. The largest absolute Gasteiger partial charge is 0.340 e. The van der Waals surface area contributed by atoms with Crippen molar-refractivity contribution in [2.75, 3.05) is 26.2 Å². The molecule has 0 aliphatic carbocycles. The first kappa shape index (κ1) is 16.6. The topological polar surface area (TPSA) is 62.5 Å². The Morgan fingerprint density at radius 1 is 1.21 bits per heavy atom. The molecule has 7 heteroatoms. The number of piperazine rings is 1. The Balaban J connectivity index is 1.54. The van der Waals surface area contributed by atoms with Crippen LogP contribution in [-0.4, -0.2) is 52.0 Å². The standard InChI is InChI=1S/C17H21FN4O2/c1-2-3-16(23)22-10-8-21(9-11-22)12-15-19-17(24-20-15)13-4-6-14(18)7-5-13/h4-7H,2-3,8-12H2,1H3. The maximum atomic E-state index is 13.0. The van der Waals surface area contributed by atoms with Crippen LogP contribution >= 0.6 is 0 Å². The van der Waals surface area contributed by atoms with Crippen LogP contribution in [0.2, 0.25) is 0 Å². The van der Waals surface area contributed by atoms with E-state index in [1.807, 2.05) is 11.8 Å². The molecule has 1 aromatic carbocycles. The van der Waals surface area contributed by atoms with Crippen LogP contribution in [0.3, 0.4) is 0 Å². The normalized spacial score (nSPS) is 15.7. The van der Waals surface area contributed by atoms with Crippen LogP contribution < -0.4 is 0 Å². The van der Waals surface area contributed by atoms with Gasteiger partial charge in [-0.25, -0.2) is 4.39 Å². The van der Waals surface area contributed by atoms with Crippen molar-refractivity contribution >= 4 is 5.91 Å². The Labute approximate surface area is 140 Å². The Bertz CT molecular complexity index is 678. The van der Waals surface area contributed by atoms with Crippen LogP contribution in [0.4, 0.5) is 4.39 Å². The summed E-state index contributed by atoms with van der Waals surface area (Å²) >= 11 is 0. The Morgan fingerprint density at radius 3 is 2.58 bits per heavy atom. The van der Waals surface area contributed by atoms with Crippen molar-refractivity contribution in [1.29, 1.82) is 0 Å². The molecule has 0 radical (unpaired) electrons. The third-order valence-corrected chi connectivity index (χ3v) is 4.11. The van der Waals surface area contributed by atoms with E-state index in [0.29, 0.717) is 30.2 Å². The zero-order chi connectivity index (χ0) is 16.9. The van der Waals surface area contributed by atoms with E-state index in [4.69, 9.17) is 4.52 Å². The highest BCUT2D eigenvalue weighted by atomic mass is 19.1. The van der Waals surface area contributed by atoms with Crippen molar-refractivity contribution in [2.24, 2.45) is 0 Å². The molecule has 0 saturated carbocycles. The molecule has 0 unspecified atom stereocenters. The molecule has 1 fully saturated rings. The summed E-state index contributed by atoms with van der Waals surface area (Å²) in [4.78, 5) is 20.4. The summed E-state index contributed by atoms with van der Waals surface area (Å²) in [5.74, 6) is 0.925.